The van der Waals surface area contributed by atoms with Crippen LogP contribution in [0.1, 0.15) is 53.4 Å². The topological polar surface area (TPSA) is 267 Å². The Labute approximate surface area is 266 Å². The molecular formula is C32H34O15. The summed E-state index contributed by atoms with van der Waals surface area (Å²) in [5, 5.41) is 59.8. The summed E-state index contributed by atoms with van der Waals surface area (Å²) in [5.74, 6) is -24.4. The van der Waals surface area contributed by atoms with Crippen molar-refractivity contribution in [2.24, 2.45) is 47.3 Å². The molecule has 0 aromatic heterocycles. The number of carboxylic acids is 6. The Bertz CT molecular complexity index is 1530. The van der Waals surface area contributed by atoms with Gasteiger partial charge in [-0.2, -0.15) is 0 Å². The minimum Gasteiger partial charge on any atom is -0.481 e. The van der Waals surface area contributed by atoms with Crippen molar-refractivity contribution in [3.8, 4) is 0 Å². The molecule has 0 aliphatic heterocycles. The molecule has 8 unspecified atom stereocenters. The van der Waals surface area contributed by atoms with Crippen molar-refractivity contribution in [3.63, 3.8) is 0 Å². The average Bonchev–Trinajstić information content (AvgIpc) is 2.95. The van der Waals surface area contributed by atoms with Crippen LogP contribution in [0, 0.1) is 47.3 Å². The Hall–Kier alpha value is -5.08. The van der Waals surface area contributed by atoms with Crippen LogP contribution in [0.15, 0.2) is 44.6 Å². The van der Waals surface area contributed by atoms with E-state index >= 15 is 0 Å². The van der Waals surface area contributed by atoms with E-state index in [2.05, 4.69) is 0 Å². The molecule has 0 heterocycles. The van der Waals surface area contributed by atoms with Crippen LogP contribution in [0.2, 0.25) is 0 Å². The van der Waals surface area contributed by atoms with Crippen molar-refractivity contribution in [2.45, 2.75) is 53.4 Å². The Morgan fingerprint density at radius 3 is 0.830 bits per heavy atom. The zero-order chi connectivity index (χ0) is 35.4. The summed E-state index contributed by atoms with van der Waals surface area (Å²) in [7, 11) is 0. The van der Waals surface area contributed by atoms with Crippen LogP contribution in [0.4, 0.5) is 0 Å². The van der Waals surface area contributed by atoms with Gasteiger partial charge >= 0.3 is 47.8 Å². The number of fused-ring (bicyclic) bond motifs is 2. The summed E-state index contributed by atoms with van der Waals surface area (Å²) in [5.41, 5.74) is 0.667. The molecule has 47 heavy (non-hydrogen) atoms. The van der Waals surface area contributed by atoms with E-state index in [0.717, 1.165) is 0 Å². The lowest BCUT2D eigenvalue weighted by atomic mass is 9.61. The summed E-state index contributed by atoms with van der Waals surface area (Å²) in [4.78, 5) is 101. The molecule has 15 heteroatoms. The summed E-state index contributed by atoms with van der Waals surface area (Å²) in [6, 6.07) is 0. The van der Waals surface area contributed by atoms with Crippen LogP contribution in [0.5, 0.6) is 0 Å². The number of ether oxygens (including phenoxy) is 1. The monoisotopic (exact) mass is 658 g/mol. The number of carboxylic acid groups (broad SMARTS) is 6. The lowest BCUT2D eigenvalue weighted by Crippen LogP contribution is -2.46. The fourth-order valence-electron chi connectivity index (χ4n) is 7.99. The molecular weight excluding hydrogens is 624 g/mol. The van der Waals surface area contributed by atoms with E-state index in [1.807, 2.05) is 0 Å². The first kappa shape index (κ1) is 34.8. The molecule has 0 fully saturated rings. The maximum Gasteiger partial charge on any atom is 0.321 e. The summed E-state index contributed by atoms with van der Waals surface area (Å²) in [6.45, 7) is 5.71. The van der Waals surface area contributed by atoms with Gasteiger partial charge in [0.2, 0.25) is 0 Å². The van der Waals surface area contributed by atoms with Gasteiger partial charge in [-0.25, -0.2) is 0 Å². The summed E-state index contributed by atoms with van der Waals surface area (Å²) in [6.07, 6.45) is -1.43. The van der Waals surface area contributed by atoms with Gasteiger partial charge < -0.3 is 35.4 Å². The molecule has 0 aromatic carbocycles. The standard InChI is InChI=1S/C32H34O15/c1-9-7-15(27(37)38)23(19-11(3)5-13(25(33)34)21(17(9)19)29(41)42)31(45)47-32(46)24-16(28(39)40)8-10(2)18-20(24)12(4)6-14(26(35)36)22(18)30(43)44/h13-16,21-24H,5-8H2,1-4H3,(H,33,34)(H,35,36)(H,37,38)(H,39,40)(H,41,42)(H,43,44). The van der Waals surface area contributed by atoms with Gasteiger partial charge in [-0.05, 0) is 75.7 Å². The molecule has 4 aliphatic carbocycles. The SMILES string of the molecule is CC1=C2C(=C(C)CC(C(=O)O)C2C(=O)O)C(C(=O)OC(=O)C2C3=C(C)CC(C(=O)O)C(C(=O)O)C3=C(C)CC2C(=O)O)C(C(=O)O)C1. The quantitative estimate of drug-likeness (QED) is 0.161. The van der Waals surface area contributed by atoms with E-state index < -0.39 is 95.1 Å². The highest BCUT2D eigenvalue weighted by atomic mass is 16.6. The zero-order valence-corrected chi connectivity index (χ0v) is 25.8. The van der Waals surface area contributed by atoms with Crippen molar-refractivity contribution >= 4 is 47.8 Å². The van der Waals surface area contributed by atoms with Gasteiger partial charge in [-0.1, -0.05) is 22.3 Å². The molecule has 0 aromatic rings. The highest BCUT2D eigenvalue weighted by Gasteiger charge is 2.54. The van der Waals surface area contributed by atoms with Crippen LogP contribution < -0.4 is 0 Å². The summed E-state index contributed by atoms with van der Waals surface area (Å²) >= 11 is 0. The predicted octanol–water partition coefficient (Wildman–Crippen LogP) is 2.37. The number of carbonyl (C=O) groups is 8. The second-order valence-electron chi connectivity index (χ2n) is 12.7. The number of carbonyl (C=O) groups excluding carboxylic acids is 2. The lowest BCUT2D eigenvalue weighted by molar-refractivity contribution is -0.170. The van der Waals surface area contributed by atoms with E-state index in [-0.39, 0.29) is 70.3 Å². The smallest absolute Gasteiger partial charge is 0.321 e. The van der Waals surface area contributed by atoms with Gasteiger partial charge in [0.25, 0.3) is 0 Å². The highest BCUT2D eigenvalue weighted by molar-refractivity contribution is 5.98. The fourth-order valence-corrected chi connectivity index (χ4v) is 7.99. The molecule has 0 bridgehead atoms. The van der Waals surface area contributed by atoms with Crippen LogP contribution >= 0.6 is 0 Å². The van der Waals surface area contributed by atoms with E-state index in [0.29, 0.717) is 0 Å². The zero-order valence-electron chi connectivity index (χ0n) is 25.8. The Kier molecular flexibility index (Phi) is 9.33. The molecule has 6 N–H and O–H groups in total. The van der Waals surface area contributed by atoms with E-state index in [9.17, 15) is 69.0 Å². The molecule has 4 aliphatic rings. The van der Waals surface area contributed by atoms with Crippen LogP contribution in [-0.2, 0) is 43.1 Å². The molecule has 15 nitrogen and oxygen atoms in total. The number of hydrogen-bond donors (Lipinski definition) is 6. The maximum absolute atomic E-state index is 13.9. The molecule has 0 saturated heterocycles. The Balaban J connectivity index is 1.83. The second kappa shape index (κ2) is 12.6. The van der Waals surface area contributed by atoms with Crippen molar-refractivity contribution in [3.05, 3.63) is 44.6 Å². The van der Waals surface area contributed by atoms with Gasteiger partial charge in [-0.15, -0.1) is 0 Å². The molecule has 0 radical (unpaired) electrons. The number of aliphatic carboxylic acids is 6. The van der Waals surface area contributed by atoms with E-state index in [1.165, 1.54) is 27.7 Å². The van der Waals surface area contributed by atoms with E-state index in [1.54, 1.807) is 0 Å². The van der Waals surface area contributed by atoms with Gasteiger partial charge in [0.15, 0.2) is 0 Å². The fraction of sp³-hybridized carbons (Fsp3) is 0.500. The van der Waals surface area contributed by atoms with Gasteiger partial charge in [0.05, 0.1) is 47.3 Å². The van der Waals surface area contributed by atoms with Gasteiger partial charge in [-0.3, -0.25) is 38.4 Å². The third-order valence-electron chi connectivity index (χ3n) is 9.89. The number of hydrogen-bond acceptors (Lipinski definition) is 9. The number of allylic oxidation sites excluding steroid dienone is 4. The van der Waals surface area contributed by atoms with Gasteiger partial charge in [0.1, 0.15) is 0 Å². The third-order valence-corrected chi connectivity index (χ3v) is 9.89. The van der Waals surface area contributed by atoms with E-state index in [4.69, 9.17) is 4.74 Å². The maximum atomic E-state index is 13.9. The van der Waals surface area contributed by atoms with Crippen LogP contribution in [-0.4, -0.2) is 78.4 Å². The molecule has 0 amide bonds. The summed E-state index contributed by atoms with van der Waals surface area (Å²) < 4.78 is 5.25. The first-order chi connectivity index (χ1) is 21.8. The number of rotatable bonds is 8. The van der Waals surface area contributed by atoms with Crippen molar-refractivity contribution in [2.75, 3.05) is 0 Å². The molecule has 4 rings (SSSR count). The minimum atomic E-state index is -1.76. The highest BCUT2D eigenvalue weighted by Crippen LogP contribution is 2.52. The van der Waals surface area contributed by atoms with Crippen molar-refractivity contribution in [1.29, 1.82) is 0 Å². The first-order valence-corrected chi connectivity index (χ1v) is 14.7. The average molecular weight is 659 g/mol. The molecule has 0 saturated carbocycles. The molecule has 252 valence electrons. The normalized spacial score (nSPS) is 30.6. The largest absolute Gasteiger partial charge is 0.481 e. The number of esters is 2. The van der Waals surface area contributed by atoms with Crippen molar-refractivity contribution in [1.82, 2.24) is 0 Å². The van der Waals surface area contributed by atoms with Crippen molar-refractivity contribution < 1.29 is 73.7 Å². The lowest BCUT2D eigenvalue weighted by Gasteiger charge is -2.42. The molecule has 0 spiro atoms. The second-order valence-corrected chi connectivity index (χ2v) is 12.7. The van der Waals surface area contributed by atoms with Gasteiger partial charge in [0, 0.05) is 0 Å². The Morgan fingerprint density at radius 2 is 0.617 bits per heavy atom. The van der Waals surface area contributed by atoms with Crippen LogP contribution in [0.3, 0.4) is 0 Å². The molecule has 8 atom stereocenters. The third kappa shape index (κ3) is 5.85. The van der Waals surface area contributed by atoms with Crippen LogP contribution in [0.25, 0.3) is 0 Å². The Morgan fingerprint density at radius 1 is 0.404 bits per heavy atom. The predicted molar refractivity (Wildman–Crippen MR) is 154 cm³/mol. The minimum absolute atomic E-state index is 0.0442. The first-order valence-electron chi connectivity index (χ1n) is 14.7.